The van der Waals surface area contributed by atoms with E-state index in [-0.39, 0.29) is 36.0 Å². The van der Waals surface area contributed by atoms with E-state index >= 15 is 0 Å². The molecule has 2 saturated heterocycles. The Morgan fingerprint density at radius 3 is 2.88 bits per heavy atom. The second kappa shape index (κ2) is 9.01. The van der Waals surface area contributed by atoms with Crippen LogP contribution in [0.5, 0.6) is 5.75 Å². The number of allylic oxidation sites excluding steroid dienone is 2. The van der Waals surface area contributed by atoms with Crippen LogP contribution in [0.1, 0.15) is 30.6 Å². The zero-order valence-corrected chi connectivity index (χ0v) is 18.6. The number of rotatable bonds is 3. The fraction of sp³-hybridized carbons (Fsp3) is 0.409. The van der Waals surface area contributed by atoms with Crippen molar-refractivity contribution in [2.45, 2.75) is 32.5 Å². The Hall–Kier alpha value is -2.75. The standard InChI is InChI=1S/C22H25ClFN5O3/c1-11-20(23)12(2)28-21(27-11)15-9-29(10-16(15)25)22(31)14-4-3-13(24)7-19(14)32-18-5-6-26-8-17(18)30/h3-4,7,17-18,25-27,30H,5-6,8-10H2,1-2H3/b21-15+,25-16?/t17-,18?/m0/s1. The second-order valence-corrected chi connectivity index (χ2v) is 8.46. The van der Waals surface area contributed by atoms with Gasteiger partial charge in [0.25, 0.3) is 5.91 Å². The number of ether oxygens (including phenoxy) is 1. The lowest BCUT2D eigenvalue weighted by molar-refractivity contribution is 0.0154. The minimum absolute atomic E-state index is 0.0869. The predicted molar refractivity (Wildman–Crippen MR) is 120 cm³/mol. The maximum Gasteiger partial charge on any atom is 0.258 e. The number of hydrogen-bond donors (Lipinski definition) is 4. The van der Waals surface area contributed by atoms with Crippen LogP contribution in [-0.4, -0.2) is 65.7 Å². The number of amides is 1. The number of carbonyl (C=O) groups is 1. The first kappa shape index (κ1) is 22.4. The van der Waals surface area contributed by atoms with Crippen LogP contribution in [-0.2, 0) is 0 Å². The summed E-state index contributed by atoms with van der Waals surface area (Å²) in [6.07, 6.45) is -0.760. The molecule has 1 aromatic rings. The second-order valence-electron chi connectivity index (χ2n) is 8.09. The monoisotopic (exact) mass is 461 g/mol. The van der Waals surface area contributed by atoms with Crippen molar-refractivity contribution in [1.29, 1.82) is 5.41 Å². The molecule has 1 aromatic carbocycles. The van der Waals surface area contributed by atoms with Crippen LogP contribution >= 0.6 is 11.6 Å². The van der Waals surface area contributed by atoms with E-state index in [2.05, 4.69) is 15.6 Å². The highest BCUT2D eigenvalue weighted by atomic mass is 35.5. The van der Waals surface area contributed by atoms with Crippen LogP contribution in [0.4, 0.5) is 4.39 Å². The summed E-state index contributed by atoms with van der Waals surface area (Å²) >= 11 is 6.18. The fourth-order valence-electron chi connectivity index (χ4n) is 3.94. The summed E-state index contributed by atoms with van der Waals surface area (Å²) < 4.78 is 19.8. The number of piperidine rings is 1. The van der Waals surface area contributed by atoms with Crippen molar-refractivity contribution in [3.8, 4) is 5.75 Å². The maximum absolute atomic E-state index is 14.0. The third kappa shape index (κ3) is 4.41. The van der Waals surface area contributed by atoms with Gasteiger partial charge in [0, 0.05) is 23.9 Å². The minimum atomic E-state index is -0.757. The Labute approximate surface area is 190 Å². The molecule has 0 aromatic heterocycles. The van der Waals surface area contributed by atoms with E-state index in [0.29, 0.717) is 41.6 Å². The van der Waals surface area contributed by atoms with Crippen molar-refractivity contribution in [3.05, 3.63) is 51.7 Å². The van der Waals surface area contributed by atoms with E-state index in [4.69, 9.17) is 21.7 Å². The topological polar surface area (TPSA) is 110 Å². The molecule has 0 saturated carbocycles. The number of likely N-dealkylation sites (tertiary alicyclic amines) is 1. The molecule has 1 unspecified atom stereocenters. The number of aliphatic hydroxyl groups is 1. The molecule has 10 heteroatoms. The van der Waals surface area contributed by atoms with E-state index < -0.39 is 18.0 Å². The van der Waals surface area contributed by atoms with Gasteiger partial charge in [-0.2, -0.15) is 0 Å². The number of hydrogen-bond acceptors (Lipinski definition) is 7. The highest BCUT2D eigenvalue weighted by molar-refractivity contribution is 6.43. The number of benzene rings is 1. The highest BCUT2D eigenvalue weighted by Gasteiger charge is 2.33. The van der Waals surface area contributed by atoms with Crippen molar-refractivity contribution in [2.24, 2.45) is 4.99 Å². The molecule has 2 fully saturated rings. The van der Waals surface area contributed by atoms with Crippen molar-refractivity contribution in [3.63, 3.8) is 0 Å². The Balaban J connectivity index is 1.58. The van der Waals surface area contributed by atoms with Crippen LogP contribution in [0.15, 0.2) is 45.3 Å². The van der Waals surface area contributed by atoms with Gasteiger partial charge in [-0.05, 0) is 38.9 Å². The average Bonchev–Trinajstić information content (AvgIpc) is 3.14. The molecule has 32 heavy (non-hydrogen) atoms. The molecule has 3 heterocycles. The molecule has 170 valence electrons. The molecular weight excluding hydrogens is 437 g/mol. The Morgan fingerprint density at radius 1 is 1.38 bits per heavy atom. The summed E-state index contributed by atoms with van der Waals surface area (Å²) in [6.45, 7) is 4.90. The van der Waals surface area contributed by atoms with Crippen LogP contribution in [0.3, 0.4) is 0 Å². The number of halogens is 2. The van der Waals surface area contributed by atoms with E-state index in [1.54, 1.807) is 6.92 Å². The Kier molecular flexibility index (Phi) is 6.32. The molecule has 3 aliphatic rings. The first-order valence-electron chi connectivity index (χ1n) is 10.4. The predicted octanol–water partition coefficient (Wildman–Crippen LogP) is 2.15. The van der Waals surface area contributed by atoms with Gasteiger partial charge >= 0.3 is 0 Å². The quantitative estimate of drug-likeness (QED) is 0.551. The van der Waals surface area contributed by atoms with Gasteiger partial charge in [-0.3, -0.25) is 4.79 Å². The number of nitrogens with zero attached hydrogens (tertiary/aromatic N) is 2. The summed E-state index contributed by atoms with van der Waals surface area (Å²) in [5, 5.41) is 25.2. The Bertz CT molecular complexity index is 1070. The van der Waals surface area contributed by atoms with Crippen molar-refractivity contribution in [1.82, 2.24) is 15.5 Å². The van der Waals surface area contributed by atoms with Gasteiger partial charge in [0.1, 0.15) is 29.6 Å². The van der Waals surface area contributed by atoms with E-state index in [9.17, 15) is 14.3 Å². The van der Waals surface area contributed by atoms with Gasteiger partial charge in [0.05, 0.1) is 35.1 Å². The summed E-state index contributed by atoms with van der Waals surface area (Å²) in [5.41, 5.74) is 2.42. The third-order valence-corrected chi connectivity index (χ3v) is 6.27. The molecule has 1 amide bonds. The van der Waals surface area contributed by atoms with Crippen molar-refractivity contribution in [2.75, 3.05) is 26.2 Å². The first-order chi connectivity index (χ1) is 15.2. The lowest BCUT2D eigenvalue weighted by Gasteiger charge is -2.29. The molecule has 0 bridgehead atoms. The zero-order valence-electron chi connectivity index (χ0n) is 17.8. The maximum atomic E-state index is 14.0. The van der Waals surface area contributed by atoms with E-state index in [0.717, 1.165) is 11.8 Å². The summed E-state index contributed by atoms with van der Waals surface area (Å²) in [7, 11) is 0. The van der Waals surface area contributed by atoms with Crippen LogP contribution in [0.25, 0.3) is 0 Å². The molecule has 4 N–H and O–H groups in total. The van der Waals surface area contributed by atoms with Crippen LogP contribution in [0.2, 0.25) is 0 Å². The van der Waals surface area contributed by atoms with Gasteiger partial charge in [0.2, 0.25) is 0 Å². The third-order valence-electron chi connectivity index (χ3n) is 5.71. The molecule has 3 aliphatic heterocycles. The number of β-amino-alcohol motifs (C(OH)–C–C–N with tert-alkyl or cyclic N) is 1. The number of aliphatic hydroxyl groups excluding tert-OH is 1. The largest absolute Gasteiger partial charge is 0.487 e. The molecule has 8 nitrogen and oxygen atoms in total. The molecular formula is C22H25ClFN5O3. The molecule has 0 radical (unpaired) electrons. The summed E-state index contributed by atoms with van der Waals surface area (Å²) in [5.74, 6) is -0.334. The number of aliphatic imine (C=N–C) groups is 1. The van der Waals surface area contributed by atoms with Crippen LogP contribution < -0.4 is 15.4 Å². The van der Waals surface area contributed by atoms with Gasteiger partial charge in [-0.1, -0.05) is 11.6 Å². The molecule has 2 atom stereocenters. The lowest BCUT2D eigenvalue weighted by Crippen LogP contribution is -2.46. The van der Waals surface area contributed by atoms with Crippen LogP contribution in [0, 0.1) is 11.2 Å². The molecule has 0 aliphatic carbocycles. The average molecular weight is 462 g/mol. The Morgan fingerprint density at radius 2 is 2.16 bits per heavy atom. The zero-order chi connectivity index (χ0) is 23.0. The smallest absolute Gasteiger partial charge is 0.258 e. The van der Waals surface area contributed by atoms with Crippen molar-refractivity contribution >= 4 is 28.9 Å². The van der Waals surface area contributed by atoms with E-state index in [1.165, 1.54) is 17.0 Å². The van der Waals surface area contributed by atoms with Gasteiger partial charge < -0.3 is 30.8 Å². The van der Waals surface area contributed by atoms with Gasteiger partial charge in [-0.15, -0.1) is 0 Å². The van der Waals surface area contributed by atoms with Gasteiger partial charge in [-0.25, -0.2) is 9.38 Å². The molecule has 4 rings (SSSR count). The summed E-state index contributed by atoms with van der Waals surface area (Å²) in [4.78, 5) is 19.2. The van der Waals surface area contributed by atoms with E-state index in [1.807, 2.05) is 6.92 Å². The summed E-state index contributed by atoms with van der Waals surface area (Å²) in [6, 6.07) is 3.74. The first-order valence-corrected chi connectivity index (χ1v) is 10.8. The highest BCUT2D eigenvalue weighted by Crippen LogP contribution is 2.28. The SMILES string of the molecule is CC1=N/C(=C2\CN(C(=O)c3ccc(F)cc3OC3CCNC[C@@H]3O)CC2=N)NC(C)=C1Cl. The lowest BCUT2D eigenvalue weighted by atomic mass is 10.1. The number of carbonyl (C=O) groups excluding carboxylic acids is 1. The minimum Gasteiger partial charge on any atom is -0.487 e. The number of nitrogens with one attached hydrogen (secondary N) is 3. The fourth-order valence-corrected chi connectivity index (χ4v) is 4.03. The molecule has 0 spiro atoms. The normalized spacial score (nSPS) is 26.2. The van der Waals surface area contributed by atoms with Gasteiger partial charge in [0.15, 0.2) is 0 Å². The van der Waals surface area contributed by atoms with Crippen molar-refractivity contribution < 1.29 is 19.0 Å².